The lowest BCUT2D eigenvalue weighted by atomic mass is 10.1. The fourth-order valence-electron chi connectivity index (χ4n) is 3.77. The van der Waals surface area contributed by atoms with Crippen molar-refractivity contribution >= 4 is 27.6 Å². The van der Waals surface area contributed by atoms with Crippen LogP contribution in [-0.2, 0) is 7.05 Å². The molecule has 2 aromatic heterocycles. The zero-order valence-electron chi connectivity index (χ0n) is 16.2. The van der Waals surface area contributed by atoms with E-state index in [2.05, 4.69) is 79.6 Å². The van der Waals surface area contributed by atoms with Crippen LogP contribution >= 0.6 is 0 Å². The van der Waals surface area contributed by atoms with Crippen molar-refractivity contribution in [3.05, 3.63) is 36.0 Å². The largest absolute Gasteiger partial charge is 0.360 e. The number of hydrogen-bond donors (Lipinski definition) is 0. The molecule has 3 aromatic rings. The van der Waals surface area contributed by atoms with Crippen LogP contribution in [0, 0.1) is 6.92 Å². The lowest BCUT2D eigenvalue weighted by Crippen LogP contribution is -2.28. The third-order valence-corrected chi connectivity index (χ3v) is 5.30. The predicted molar refractivity (Wildman–Crippen MR) is 109 cm³/mol. The molecule has 0 saturated carbocycles. The number of benzene rings is 1. The van der Waals surface area contributed by atoms with Gasteiger partial charge in [0.15, 0.2) is 0 Å². The zero-order chi connectivity index (χ0) is 18.0. The molecule has 0 aliphatic rings. The summed E-state index contributed by atoms with van der Waals surface area (Å²) in [6, 6.07) is 10.9. The number of fused-ring (bicyclic) bond motifs is 3. The minimum absolute atomic E-state index is 1.03. The summed E-state index contributed by atoms with van der Waals surface area (Å²) < 4.78 is 2.26. The van der Waals surface area contributed by atoms with Crippen molar-refractivity contribution in [1.82, 2.24) is 14.5 Å². The number of anilines is 1. The highest BCUT2D eigenvalue weighted by Crippen LogP contribution is 2.31. The van der Waals surface area contributed by atoms with E-state index in [0.29, 0.717) is 0 Å². The third-order valence-electron chi connectivity index (χ3n) is 5.30. The molecule has 0 saturated heterocycles. The van der Waals surface area contributed by atoms with Crippen molar-refractivity contribution in [2.75, 3.05) is 38.1 Å². The summed E-state index contributed by atoms with van der Waals surface area (Å²) in [5.74, 6) is 1.07. The number of para-hydroxylation sites is 1. The number of rotatable bonds is 7. The molecule has 0 aliphatic carbocycles. The Labute approximate surface area is 151 Å². The van der Waals surface area contributed by atoms with E-state index >= 15 is 0 Å². The average Bonchev–Trinajstić information content (AvgIpc) is 2.92. The molecule has 25 heavy (non-hydrogen) atoms. The van der Waals surface area contributed by atoms with Crippen LogP contribution in [0.25, 0.3) is 21.8 Å². The van der Waals surface area contributed by atoms with Gasteiger partial charge in [0.25, 0.3) is 0 Å². The Balaban J connectivity index is 1.88. The molecular weight excluding hydrogens is 308 g/mol. The molecule has 0 radical (unpaired) electrons. The van der Waals surface area contributed by atoms with E-state index in [1.165, 1.54) is 21.8 Å². The van der Waals surface area contributed by atoms with Gasteiger partial charge in [0.1, 0.15) is 5.82 Å². The molecule has 0 spiro atoms. The molecule has 0 unspecified atom stereocenters. The third kappa shape index (κ3) is 3.36. The zero-order valence-corrected chi connectivity index (χ0v) is 16.2. The van der Waals surface area contributed by atoms with Gasteiger partial charge >= 0.3 is 0 Å². The second kappa shape index (κ2) is 7.44. The van der Waals surface area contributed by atoms with Crippen LogP contribution in [0.15, 0.2) is 30.3 Å². The van der Waals surface area contributed by atoms with Crippen molar-refractivity contribution in [3.8, 4) is 0 Å². The first-order chi connectivity index (χ1) is 12.1. The van der Waals surface area contributed by atoms with E-state index in [-0.39, 0.29) is 0 Å². The first kappa shape index (κ1) is 17.7. The van der Waals surface area contributed by atoms with Crippen LogP contribution in [0.1, 0.15) is 26.0 Å². The van der Waals surface area contributed by atoms with Crippen LogP contribution in [0.5, 0.6) is 0 Å². The van der Waals surface area contributed by atoms with Gasteiger partial charge in [-0.15, -0.1) is 0 Å². The maximum Gasteiger partial charge on any atom is 0.129 e. The molecule has 4 heteroatoms. The summed E-state index contributed by atoms with van der Waals surface area (Å²) in [6.07, 6.45) is 1.16. The highest BCUT2D eigenvalue weighted by Gasteiger charge is 2.14. The molecule has 134 valence electrons. The van der Waals surface area contributed by atoms with Crippen molar-refractivity contribution in [2.45, 2.75) is 27.2 Å². The number of hydrogen-bond acceptors (Lipinski definition) is 3. The first-order valence-electron chi connectivity index (χ1n) is 9.35. The van der Waals surface area contributed by atoms with Crippen LogP contribution in [0.2, 0.25) is 0 Å². The van der Waals surface area contributed by atoms with E-state index in [4.69, 9.17) is 4.98 Å². The summed E-state index contributed by atoms with van der Waals surface area (Å²) in [7, 11) is 4.29. The van der Waals surface area contributed by atoms with Crippen molar-refractivity contribution in [1.29, 1.82) is 0 Å². The Morgan fingerprint density at radius 2 is 1.76 bits per heavy atom. The summed E-state index contributed by atoms with van der Waals surface area (Å²) >= 11 is 0. The van der Waals surface area contributed by atoms with Gasteiger partial charge in [0, 0.05) is 36.9 Å². The SMILES string of the molecule is CCN(CC)CCCN(C)c1cc2c3ccccc3n(C)c2c(C)n1. The smallest absolute Gasteiger partial charge is 0.129 e. The Kier molecular flexibility index (Phi) is 5.28. The number of pyridine rings is 1. The molecule has 1 aromatic carbocycles. The van der Waals surface area contributed by atoms with Gasteiger partial charge < -0.3 is 14.4 Å². The van der Waals surface area contributed by atoms with Gasteiger partial charge in [0.2, 0.25) is 0 Å². The van der Waals surface area contributed by atoms with Crippen molar-refractivity contribution in [3.63, 3.8) is 0 Å². The maximum absolute atomic E-state index is 4.89. The lowest BCUT2D eigenvalue weighted by Gasteiger charge is -2.22. The molecule has 0 amide bonds. The number of nitrogens with zero attached hydrogens (tertiary/aromatic N) is 4. The van der Waals surface area contributed by atoms with E-state index in [0.717, 1.165) is 44.1 Å². The highest BCUT2D eigenvalue weighted by molar-refractivity contribution is 6.09. The molecule has 0 N–H and O–H groups in total. The minimum atomic E-state index is 1.03. The van der Waals surface area contributed by atoms with Gasteiger partial charge in [0.05, 0.1) is 11.2 Å². The van der Waals surface area contributed by atoms with Crippen molar-refractivity contribution in [2.24, 2.45) is 7.05 Å². The van der Waals surface area contributed by atoms with Crippen LogP contribution in [-0.4, -0.2) is 47.7 Å². The summed E-state index contributed by atoms with van der Waals surface area (Å²) in [4.78, 5) is 9.65. The predicted octanol–water partition coefficient (Wildman–Crippen LogP) is 4.20. The standard InChI is InChI=1S/C21H30N4/c1-6-25(7-2)14-10-13-23(4)20-15-18-17-11-8-9-12-19(17)24(5)21(18)16(3)22-20/h8-9,11-12,15H,6-7,10,13-14H2,1-5H3. The number of aryl methyl sites for hydroxylation is 2. The maximum atomic E-state index is 4.89. The normalized spacial score (nSPS) is 11.8. The first-order valence-corrected chi connectivity index (χ1v) is 9.35. The van der Waals surface area contributed by atoms with Crippen LogP contribution < -0.4 is 4.90 Å². The van der Waals surface area contributed by atoms with Gasteiger partial charge in [-0.3, -0.25) is 0 Å². The van der Waals surface area contributed by atoms with Gasteiger partial charge in [-0.25, -0.2) is 4.98 Å². The Bertz CT molecular complexity index is 861. The monoisotopic (exact) mass is 338 g/mol. The van der Waals surface area contributed by atoms with Gasteiger partial charge in [-0.2, -0.15) is 0 Å². The van der Waals surface area contributed by atoms with Crippen molar-refractivity contribution < 1.29 is 0 Å². The Hall–Kier alpha value is -2.07. The van der Waals surface area contributed by atoms with E-state index in [1.54, 1.807) is 0 Å². The second-order valence-corrected chi connectivity index (χ2v) is 6.84. The Morgan fingerprint density at radius 3 is 2.48 bits per heavy atom. The molecule has 2 heterocycles. The molecule has 0 fully saturated rings. The summed E-state index contributed by atoms with van der Waals surface area (Å²) in [5, 5.41) is 2.61. The van der Waals surface area contributed by atoms with Gasteiger partial charge in [-0.1, -0.05) is 32.0 Å². The van der Waals surface area contributed by atoms with E-state index in [9.17, 15) is 0 Å². The fraction of sp³-hybridized carbons (Fsp3) is 0.476. The second-order valence-electron chi connectivity index (χ2n) is 6.84. The fourth-order valence-corrected chi connectivity index (χ4v) is 3.77. The summed E-state index contributed by atoms with van der Waals surface area (Å²) in [5.41, 5.74) is 3.60. The van der Waals surface area contributed by atoms with Gasteiger partial charge in [-0.05, 0) is 45.1 Å². The molecule has 0 aliphatic heterocycles. The quantitative estimate of drug-likeness (QED) is 0.645. The molecular formula is C21H30N4. The van der Waals surface area contributed by atoms with E-state index in [1.807, 2.05) is 0 Å². The molecule has 0 bridgehead atoms. The highest BCUT2D eigenvalue weighted by atomic mass is 15.2. The minimum Gasteiger partial charge on any atom is -0.360 e. The van der Waals surface area contributed by atoms with E-state index < -0.39 is 0 Å². The van der Waals surface area contributed by atoms with Crippen LogP contribution in [0.4, 0.5) is 5.82 Å². The molecule has 3 rings (SSSR count). The average molecular weight is 338 g/mol. The molecule has 4 nitrogen and oxygen atoms in total. The van der Waals surface area contributed by atoms with Crippen LogP contribution in [0.3, 0.4) is 0 Å². The molecule has 0 atom stereocenters. The lowest BCUT2D eigenvalue weighted by molar-refractivity contribution is 0.301. The topological polar surface area (TPSA) is 24.3 Å². The number of aromatic nitrogens is 2. The Morgan fingerprint density at radius 1 is 1.04 bits per heavy atom. The summed E-state index contributed by atoms with van der Waals surface area (Å²) in [6.45, 7) is 11.0.